The Bertz CT molecular complexity index is 1020. The van der Waals surface area contributed by atoms with Crippen molar-refractivity contribution in [1.29, 1.82) is 0 Å². The van der Waals surface area contributed by atoms with Gasteiger partial charge in [0.05, 0.1) is 12.9 Å². The number of methoxy groups -OCH3 is 1. The molecular formula is C20H20N4O4S. The Morgan fingerprint density at radius 3 is 2.55 bits per heavy atom. The lowest BCUT2D eigenvalue weighted by atomic mass is 10.1. The van der Waals surface area contributed by atoms with Crippen molar-refractivity contribution in [3.8, 4) is 17.2 Å². The SMILES string of the molecule is COc1ccc(-c2nnc(SCC(=O)NC(=O)Nc3ccc(C)cc3C)o2)cc1. The first-order valence-corrected chi connectivity index (χ1v) is 9.72. The third-order valence-electron chi connectivity index (χ3n) is 3.95. The first kappa shape index (κ1) is 20.4. The van der Waals surface area contributed by atoms with Gasteiger partial charge in [0.1, 0.15) is 5.75 Å². The fourth-order valence-corrected chi connectivity index (χ4v) is 3.08. The Morgan fingerprint density at radius 1 is 1.10 bits per heavy atom. The van der Waals surface area contributed by atoms with E-state index in [2.05, 4.69) is 20.8 Å². The highest BCUT2D eigenvalue weighted by Crippen LogP contribution is 2.24. The summed E-state index contributed by atoms with van der Waals surface area (Å²) >= 11 is 1.05. The van der Waals surface area contributed by atoms with Crippen LogP contribution in [-0.2, 0) is 4.79 Å². The molecule has 0 unspecified atom stereocenters. The number of anilines is 1. The van der Waals surface area contributed by atoms with Gasteiger partial charge < -0.3 is 14.5 Å². The zero-order valence-electron chi connectivity index (χ0n) is 16.2. The number of aryl methyl sites for hydroxylation is 2. The van der Waals surface area contributed by atoms with Crippen molar-refractivity contribution < 1.29 is 18.7 Å². The fourth-order valence-electron chi connectivity index (χ4n) is 2.52. The number of amides is 3. The summed E-state index contributed by atoms with van der Waals surface area (Å²) in [4.78, 5) is 24.0. The predicted molar refractivity (Wildman–Crippen MR) is 110 cm³/mol. The van der Waals surface area contributed by atoms with Crippen LogP contribution in [0.1, 0.15) is 11.1 Å². The molecule has 0 radical (unpaired) electrons. The van der Waals surface area contributed by atoms with Crippen molar-refractivity contribution in [3.05, 3.63) is 53.6 Å². The Morgan fingerprint density at radius 2 is 1.86 bits per heavy atom. The summed E-state index contributed by atoms with van der Waals surface area (Å²) in [6.45, 7) is 3.85. The van der Waals surface area contributed by atoms with Crippen LogP contribution >= 0.6 is 11.8 Å². The minimum atomic E-state index is -0.591. The van der Waals surface area contributed by atoms with Crippen LogP contribution in [0.5, 0.6) is 5.75 Å². The Kier molecular flexibility index (Phi) is 6.50. The topological polar surface area (TPSA) is 106 Å². The minimum Gasteiger partial charge on any atom is -0.497 e. The Hall–Kier alpha value is -3.33. The van der Waals surface area contributed by atoms with Crippen molar-refractivity contribution in [2.24, 2.45) is 0 Å². The van der Waals surface area contributed by atoms with E-state index in [1.54, 1.807) is 37.4 Å². The number of thioether (sulfide) groups is 1. The lowest BCUT2D eigenvalue weighted by Crippen LogP contribution is -2.35. The summed E-state index contributed by atoms with van der Waals surface area (Å²) in [5.74, 6) is 0.549. The average molecular weight is 412 g/mol. The summed E-state index contributed by atoms with van der Waals surface area (Å²) in [5.41, 5.74) is 3.39. The number of urea groups is 1. The van der Waals surface area contributed by atoms with Gasteiger partial charge in [-0.3, -0.25) is 10.1 Å². The molecule has 1 heterocycles. The number of rotatable bonds is 6. The van der Waals surface area contributed by atoms with Crippen molar-refractivity contribution >= 4 is 29.4 Å². The molecule has 29 heavy (non-hydrogen) atoms. The van der Waals surface area contributed by atoms with Crippen LogP contribution in [0.15, 0.2) is 52.1 Å². The highest BCUT2D eigenvalue weighted by molar-refractivity contribution is 7.99. The van der Waals surface area contributed by atoms with Crippen molar-refractivity contribution in [1.82, 2.24) is 15.5 Å². The van der Waals surface area contributed by atoms with Gasteiger partial charge in [-0.1, -0.05) is 29.5 Å². The molecule has 0 aliphatic carbocycles. The average Bonchev–Trinajstić information content (AvgIpc) is 3.18. The van der Waals surface area contributed by atoms with Crippen LogP contribution in [-0.4, -0.2) is 35.0 Å². The third-order valence-corrected chi connectivity index (χ3v) is 4.77. The van der Waals surface area contributed by atoms with Gasteiger partial charge in [0.2, 0.25) is 11.8 Å². The molecule has 0 spiro atoms. The standard InChI is InChI=1S/C20H20N4O4S/c1-12-4-9-16(13(2)10-12)21-19(26)22-17(25)11-29-20-24-23-18(28-20)14-5-7-15(27-3)8-6-14/h4-10H,11H2,1-3H3,(H2,21,22,25,26). The van der Waals surface area contributed by atoms with Gasteiger partial charge in [0, 0.05) is 11.3 Å². The van der Waals surface area contributed by atoms with Crippen LogP contribution in [0.2, 0.25) is 0 Å². The maximum atomic E-state index is 12.0. The molecule has 0 saturated heterocycles. The van der Waals surface area contributed by atoms with E-state index in [4.69, 9.17) is 9.15 Å². The molecule has 0 aliphatic heterocycles. The van der Waals surface area contributed by atoms with Gasteiger partial charge in [-0.25, -0.2) is 4.79 Å². The lowest BCUT2D eigenvalue weighted by molar-refractivity contribution is -0.117. The second kappa shape index (κ2) is 9.24. The molecular weight excluding hydrogens is 392 g/mol. The van der Waals surface area contributed by atoms with E-state index in [-0.39, 0.29) is 11.0 Å². The van der Waals surface area contributed by atoms with Crippen molar-refractivity contribution in [3.63, 3.8) is 0 Å². The van der Waals surface area contributed by atoms with E-state index < -0.39 is 11.9 Å². The molecule has 9 heteroatoms. The number of carbonyl (C=O) groups is 2. The fraction of sp³-hybridized carbons (Fsp3) is 0.200. The number of imide groups is 1. The highest BCUT2D eigenvalue weighted by Gasteiger charge is 2.13. The van der Waals surface area contributed by atoms with E-state index in [0.29, 0.717) is 11.6 Å². The summed E-state index contributed by atoms with van der Waals surface area (Å²) in [7, 11) is 1.59. The first-order valence-electron chi connectivity index (χ1n) is 8.73. The molecule has 1 aromatic heterocycles. The zero-order valence-corrected chi connectivity index (χ0v) is 17.0. The molecule has 2 aromatic carbocycles. The number of carbonyl (C=O) groups excluding carboxylic acids is 2. The summed E-state index contributed by atoms with van der Waals surface area (Å²) in [6, 6.07) is 12.2. The summed E-state index contributed by atoms with van der Waals surface area (Å²) < 4.78 is 10.6. The summed E-state index contributed by atoms with van der Waals surface area (Å²) in [6.07, 6.45) is 0. The zero-order chi connectivity index (χ0) is 20.8. The van der Waals surface area contributed by atoms with E-state index in [1.807, 2.05) is 26.0 Å². The van der Waals surface area contributed by atoms with Gasteiger partial charge in [-0.2, -0.15) is 0 Å². The second-order valence-electron chi connectivity index (χ2n) is 6.21. The number of aromatic nitrogens is 2. The van der Waals surface area contributed by atoms with Crippen LogP contribution in [0.3, 0.4) is 0 Å². The van der Waals surface area contributed by atoms with Crippen molar-refractivity contribution in [2.45, 2.75) is 19.1 Å². The van der Waals surface area contributed by atoms with Crippen LogP contribution in [0.25, 0.3) is 11.5 Å². The molecule has 0 saturated carbocycles. The van der Waals surface area contributed by atoms with Crippen LogP contribution < -0.4 is 15.4 Å². The van der Waals surface area contributed by atoms with Gasteiger partial charge in [0.15, 0.2) is 0 Å². The molecule has 3 amide bonds. The lowest BCUT2D eigenvalue weighted by Gasteiger charge is -2.09. The highest BCUT2D eigenvalue weighted by atomic mass is 32.2. The minimum absolute atomic E-state index is 0.0372. The molecule has 150 valence electrons. The number of hydrogen-bond donors (Lipinski definition) is 2. The Balaban J connectivity index is 1.50. The van der Waals surface area contributed by atoms with Gasteiger partial charge in [0.25, 0.3) is 5.22 Å². The molecule has 3 rings (SSSR count). The van der Waals surface area contributed by atoms with E-state index in [9.17, 15) is 9.59 Å². The molecule has 0 atom stereocenters. The Labute approximate surface area is 172 Å². The van der Waals surface area contributed by atoms with Gasteiger partial charge >= 0.3 is 6.03 Å². The number of nitrogens with one attached hydrogen (secondary N) is 2. The third kappa shape index (κ3) is 5.58. The number of nitrogens with zero attached hydrogens (tertiary/aromatic N) is 2. The molecule has 2 N–H and O–H groups in total. The first-order chi connectivity index (χ1) is 13.9. The number of ether oxygens (including phenoxy) is 1. The molecule has 0 bridgehead atoms. The van der Waals surface area contributed by atoms with E-state index >= 15 is 0 Å². The second-order valence-corrected chi connectivity index (χ2v) is 7.14. The molecule has 8 nitrogen and oxygen atoms in total. The summed E-state index contributed by atoms with van der Waals surface area (Å²) in [5, 5.41) is 13.0. The molecule has 3 aromatic rings. The van der Waals surface area contributed by atoms with Crippen LogP contribution in [0.4, 0.5) is 10.5 Å². The monoisotopic (exact) mass is 412 g/mol. The quantitative estimate of drug-likeness (QED) is 0.593. The maximum Gasteiger partial charge on any atom is 0.325 e. The van der Waals surface area contributed by atoms with E-state index in [1.165, 1.54) is 0 Å². The van der Waals surface area contributed by atoms with Crippen molar-refractivity contribution in [2.75, 3.05) is 18.2 Å². The van der Waals surface area contributed by atoms with Gasteiger partial charge in [-0.15, -0.1) is 10.2 Å². The smallest absolute Gasteiger partial charge is 0.325 e. The maximum absolute atomic E-state index is 12.0. The predicted octanol–water partition coefficient (Wildman–Crippen LogP) is 3.80. The number of benzene rings is 2. The van der Waals surface area contributed by atoms with Gasteiger partial charge in [-0.05, 0) is 49.7 Å². The number of hydrogen-bond acceptors (Lipinski definition) is 7. The largest absolute Gasteiger partial charge is 0.497 e. The molecule has 0 fully saturated rings. The van der Waals surface area contributed by atoms with Crippen LogP contribution in [0, 0.1) is 13.8 Å². The molecule has 0 aliphatic rings. The normalized spacial score (nSPS) is 10.4. The van der Waals surface area contributed by atoms with E-state index in [0.717, 1.165) is 34.2 Å².